The van der Waals surface area contributed by atoms with Crippen molar-refractivity contribution < 1.29 is 33.0 Å². The molecule has 0 fully saturated rings. The minimum atomic E-state index is -4.39. The predicted molar refractivity (Wildman–Crippen MR) is 62.8 cm³/mol. The van der Waals surface area contributed by atoms with E-state index in [2.05, 4.69) is 5.32 Å². The lowest BCUT2D eigenvalue weighted by Crippen LogP contribution is -2.31. The van der Waals surface area contributed by atoms with Crippen LogP contribution in [0.3, 0.4) is 0 Å². The number of carboxylic acid groups (broad SMARTS) is 1. The first-order chi connectivity index (χ1) is 9.20. The molecule has 0 saturated carbocycles. The third-order valence-corrected chi connectivity index (χ3v) is 2.21. The molecule has 0 spiro atoms. The van der Waals surface area contributed by atoms with Crippen LogP contribution in [0.5, 0.6) is 5.75 Å². The number of anilines is 1. The number of carbonyl (C=O) groups excluding carboxylic acids is 1. The van der Waals surface area contributed by atoms with E-state index < -0.39 is 42.5 Å². The van der Waals surface area contributed by atoms with Gasteiger partial charge in [0.25, 0.3) is 0 Å². The van der Waals surface area contributed by atoms with Gasteiger partial charge >= 0.3 is 18.2 Å². The summed E-state index contributed by atoms with van der Waals surface area (Å²) in [7, 11) is 0. The zero-order chi connectivity index (χ0) is 15.3. The van der Waals surface area contributed by atoms with Crippen LogP contribution in [0.4, 0.5) is 23.7 Å². The van der Waals surface area contributed by atoms with E-state index in [1.165, 1.54) is 12.1 Å². The molecule has 0 aliphatic carbocycles. The van der Waals surface area contributed by atoms with Crippen LogP contribution < -0.4 is 10.6 Å². The van der Waals surface area contributed by atoms with Crippen molar-refractivity contribution in [1.29, 1.82) is 0 Å². The molecule has 1 aromatic carbocycles. The number of aromatic hydroxyl groups is 1. The molecule has 4 N–H and O–H groups in total. The van der Waals surface area contributed by atoms with Crippen molar-refractivity contribution >= 4 is 17.7 Å². The van der Waals surface area contributed by atoms with Crippen molar-refractivity contribution in [2.24, 2.45) is 0 Å². The fourth-order valence-corrected chi connectivity index (χ4v) is 1.30. The van der Waals surface area contributed by atoms with E-state index in [1.54, 1.807) is 0 Å². The van der Waals surface area contributed by atoms with E-state index in [1.807, 2.05) is 5.32 Å². The Morgan fingerprint density at radius 3 is 2.45 bits per heavy atom. The van der Waals surface area contributed by atoms with Gasteiger partial charge in [-0.15, -0.1) is 0 Å². The zero-order valence-corrected chi connectivity index (χ0v) is 9.99. The topological polar surface area (TPSA) is 98.7 Å². The van der Waals surface area contributed by atoms with Crippen LogP contribution >= 0.6 is 0 Å². The van der Waals surface area contributed by atoms with Crippen LogP contribution in [0.1, 0.15) is 16.8 Å². The number of amides is 2. The summed E-state index contributed by atoms with van der Waals surface area (Å²) < 4.78 is 35.6. The lowest BCUT2D eigenvalue weighted by Gasteiger charge is -2.11. The summed E-state index contributed by atoms with van der Waals surface area (Å²) in [6.07, 6.45) is -5.58. The highest BCUT2D eigenvalue weighted by Gasteiger charge is 2.26. The average Bonchev–Trinajstić information content (AvgIpc) is 2.29. The van der Waals surface area contributed by atoms with Gasteiger partial charge in [-0.05, 0) is 12.1 Å². The number of phenols is 1. The molecule has 1 rings (SSSR count). The highest BCUT2D eigenvalue weighted by atomic mass is 19.4. The second kappa shape index (κ2) is 6.13. The summed E-state index contributed by atoms with van der Waals surface area (Å²) in [5, 5.41) is 22.3. The van der Waals surface area contributed by atoms with E-state index in [-0.39, 0.29) is 5.69 Å². The third kappa shape index (κ3) is 4.67. The Bertz CT molecular complexity index is 517. The van der Waals surface area contributed by atoms with Gasteiger partial charge in [-0.3, -0.25) is 0 Å². The molecule has 0 unspecified atom stereocenters. The number of para-hydroxylation sites is 1. The molecular weight excluding hydrogens is 281 g/mol. The Hall–Kier alpha value is -2.45. The molecule has 9 heteroatoms. The number of halogens is 3. The van der Waals surface area contributed by atoms with Crippen molar-refractivity contribution in [3.05, 3.63) is 23.8 Å². The van der Waals surface area contributed by atoms with Crippen LogP contribution in [-0.4, -0.2) is 34.9 Å². The van der Waals surface area contributed by atoms with Crippen molar-refractivity contribution in [3.63, 3.8) is 0 Å². The van der Waals surface area contributed by atoms with Gasteiger partial charge in [0.05, 0.1) is 12.1 Å². The summed E-state index contributed by atoms with van der Waals surface area (Å²) in [5.41, 5.74) is -0.646. The van der Waals surface area contributed by atoms with Gasteiger partial charge in [0.15, 0.2) is 5.75 Å². The molecule has 0 heterocycles. The molecule has 1 aromatic rings. The molecule has 20 heavy (non-hydrogen) atoms. The summed E-state index contributed by atoms with van der Waals surface area (Å²) >= 11 is 0. The van der Waals surface area contributed by atoms with Crippen LogP contribution in [0.25, 0.3) is 0 Å². The molecule has 0 radical (unpaired) electrons. The molecular formula is C11H11F3N2O4. The van der Waals surface area contributed by atoms with Crippen LogP contribution in [0.2, 0.25) is 0 Å². The molecule has 6 nitrogen and oxygen atoms in total. The number of nitrogens with one attached hydrogen (secondary N) is 2. The number of carboxylic acids is 1. The maximum atomic E-state index is 11.9. The number of carbonyl (C=O) groups is 2. The van der Waals surface area contributed by atoms with Gasteiger partial charge in [0.2, 0.25) is 0 Å². The summed E-state index contributed by atoms with van der Waals surface area (Å²) in [4.78, 5) is 22.0. The SMILES string of the molecule is O=C(NCCC(F)(F)F)Nc1cccc(C(=O)O)c1O. The standard InChI is InChI=1S/C11H11F3N2O4/c12-11(13,14)4-5-15-10(20)16-7-3-1-2-6(8(7)17)9(18)19/h1-3,17H,4-5H2,(H,18,19)(H2,15,16,20). The van der Waals surface area contributed by atoms with Gasteiger partial charge in [0.1, 0.15) is 5.56 Å². The molecule has 2 amide bonds. The quantitative estimate of drug-likeness (QED) is 0.639. The first-order valence-corrected chi connectivity index (χ1v) is 5.37. The van der Waals surface area contributed by atoms with Gasteiger partial charge < -0.3 is 20.8 Å². The highest BCUT2D eigenvalue weighted by molar-refractivity contribution is 5.97. The van der Waals surface area contributed by atoms with Gasteiger partial charge in [-0.25, -0.2) is 9.59 Å². The van der Waals surface area contributed by atoms with Crippen molar-refractivity contribution in [2.75, 3.05) is 11.9 Å². The zero-order valence-electron chi connectivity index (χ0n) is 9.99. The summed E-state index contributed by atoms with van der Waals surface area (Å²) in [5.74, 6) is -2.07. The van der Waals surface area contributed by atoms with Crippen LogP contribution in [-0.2, 0) is 0 Å². The molecule has 0 saturated heterocycles. The van der Waals surface area contributed by atoms with Crippen molar-refractivity contribution in [3.8, 4) is 5.75 Å². The maximum Gasteiger partial charge on any atom is 0.390 e. The van der Waals surface area contributed by atoms with Crippen LogP contribution in [0, 0.1) is 0 Å². The number of hydrogen-bond donors (Lipinski definition) is 4. The van der Waals surface area contributed by atoms with E-state index in [4.69, 9.17) is 5.11 Å². The third-order valence-electron chi connectivity index (χ3n) is 2.21. The largest absolute Gasteiger partial charge is 0.505 e. The molecule has 0 bridgehead atoms. The van der Waals surface area contributed by atoms with Gasteiger partial charge in [-0.1, -0.05) is 6.07 Å². The van der Waals surface area contributed by atoms with Crippen molar-refractivity contribution in [2.45, 2.75) is 12.6 Å². The second-order valence-electron chi connectivity index (χ2n) is 3.75. The number of hydrogen-bond acceptors (Lipinski definition) is 3. The normalized spacial score (nSPS) is 10.9. The lowest BCUT2D eigenvalue weighted by molar-refractivity contribution is -0.132. The second-order valence-corrected chi connectivity index (χ2v) is 3.75. The molecule has 0 atom stereocenters. The maximum absolute atomic E-state index is 11.9. The molecule has 0 aliphatic heterocycles. The fraction of sp³-hybridized carbons (Fsp3) is 0.273. The Morgan fingerprint density at radius 1 is 1.25 bits per heavy atom. The number of alkyl halides is 3. The number of urea groups is 1. The summed E-state index contributed by atoms with van der Waals surface area (Å²) in [6.45, 7) is -0.630. The van der Waals surface area contributed by atoms with Crippen LogP contribution in [0.15, 0.2) is 18.2 Å². The number of benzene rings is 1. The minimum absolute atomic E-state index is 0.214. The van der Waals surface area contributed by atoms with E-state index in [0.29, 0.717) is 0 Å². The van der Waals surface area contributed by atoms with E-state index in [0.717, 1.165) is 6.07 Å². The number of aromatic carboxylic acids is 1. The lowest BCUT2D eigenvalue weighted by atomic mass is 10.2. The van der Waals surface area contributed by atoms with E-state index >= 15 is 0 Å². The fourth-order valence-electron chi connectivity index (χ4n) is 1.30. The smallest absolute Gasteiger partial charge is 0.390 e. The number of rotatable bonds is 4. The summed E-state index contributed by atoms with van der Waals surface area (Å²) in [6, 6.07) is 2.62. The monoisotopic (exact) mass is 292 g/mol. The Kier molecular flexibility index (Phi) is 4.78. The first-order valence-electron chi connectivity index (χ1n) is 5.37. The first kappa shape index (κ1) is 15.6. The van der Waals surface area contributed by atoms with Gasteiger partial charge in [0, 0.05) is 6.54 Å². The van der Waals surface area contributed by atoms with Crippen molar-refractivity contribution in [1.82, 2.24) is 5.32 Å². The molecule has 110 valence electrons. The average molecular weight is 292 g/mol. The Balaban J connectivity index is 2.63. The Morgan fingerprint density at radius 2 is 1.90 bits per heavy atom. The predicted octanol–water partition coefficient (Wildman–Crippen LogP) is 2.16. The minimum Gasteiger partial charge on any atom is -0.505 e. The van der Waals surface area contributed by atoms with E-state index in [9.17, 15) is 27.9 Å². The highest BCUT2D eigenvalue weighted by Crippen LogP contribution is 2.27. The Labute approximate surface area is 111 Å². The molecule has 0 aliphatic rings. The molecule has 0 aromatic heterocycles. The van der Waals surface area contributed by atoms with Gasteiger partial charge in [-0.2, -0.15) is 13.2 Å².